The van der Waals surface area contributed by atoms with Crippen LogP contribution in [0.1, 0.15) is 18.4 Å². The lowest BCUT2D eigenvalue weighted by Crippen LogP contribution is -2.45. The van der Waals surface area contributed by atoms with Gasteiger partial charge in [-0.05, 0) is 36.6 Å². The van der Waals surface area contributed by atoms with E-state index in [2.05, 4.69) is 5.32 Å². The fraction of sp³-hybridized carbons (Fsp3) is 0.444. The second kappa shape index (κ2) is 8.53. The number of benzene rings is 1. The van der Waals surface area contributed by atoms with E-state index in [9.17, 15) is 9.59 Å². The molecular formula is C18H24N2O5. The summed E-state index contributed by atoms with van der Waals surface area (Å²) in [7, 11) is 4.58. The maximum atomic E-state index is 12.5. The summed E-state index contributed by atoms with van der Waals surface area (Å²) in [5.74, 6) is 0.519. The van der Waals surface area contributed by atoms with Crippen LogP contribution in [0.25, 0.3) is 6.08 Å². The summed E-state index contributed by atoms with van der Waals surface area (Å²) in [4.78, 5) is 24.3. The largest absolute Gasteiger partial charge is 0.493 e. The van der Waals surface area contributed by atoms with Crippen LogP contribution in [-0.2, 0) is 9.59 Å². The molecule has 1 heterocycles. The summed E-state index contributed by atoms with van der Waals surface area (Å²) >= 11 is 0. The van der Waals surface area contributed by atoms with E-state index in [4.69, 9.17) is 19.9 Å². The molecule has 2 atom stereocenters. The Labute approximate surface area is 147 Å². The van der Waals surface area contributed by atoms with Crippen molar-refractivity contribution in [1.82, 2.24) is 5.32 Å². The van der Waals surface area contributed by atoms with Crippen LogP contribution in [0.4, 0.5) is 0 Å². The third-order valence-electron chi connectivity index (χ3n) is 4.22. The number of hydrogen-bond donors (Lipinski definition) is 2. The summed E-state index contributed by atoms with van der Waals surface area (Å²) in [6.45, 7) is 0.549. The number of nitrogens with two attached hydrogens (primary N) is 1. The average Bonchev–Trinajstić information content (AvgIpc) is 2.80. The van der Waals surface area contributed by atoms with Gasteiger partial charge in [-0.2, -0.15) is 0 Å². The molecule has 1 amide bonds. The van der Waals surface area contributed by atoms with E-state index in [0.717, 1.165) is 12.0 Å². The second-order valence-corrected chi connectivity index (χ2v) is 5.76. The molecule has 0 spiro atoms. The third-order valence-corrected chi connectivity index (χ3v) is 4.22. The van der Waals surface area contributed by atoms with Crippen molar-refractivity contribution in [3.05, 3.63) is 23.8 Å². The summed E-state index contributed by atoms with van der Waals surface area (Å²) in [5, 5.41) is 2.71. The van der Waals surface area contributed by atoms with Crippen LogP contribution in [0.5, 0.6) is 17.2 Å². The standard InChI is InChI=1S/C18H24N2O5/c1-23-14-9-11(10-15(24-2)17(14)25-3)6-7-13(21)12-5-4-8-20-18(22)16(12)19/h6-7,9-10,12,16H,4-5,8,19H2,1-3H3,(H,20,22). The van der Waals surface area contributed by atoms with Gasteiger partial charge in [0.05, 0.1) is 27.4 Å². The molecule has 1 aliphatic heterocycles. The van der Waals surface area contributed by atoms with Crippen LogP contribution >= 0.6 is 0 Å². The van der Waals surface area contributed by atoms with Crippen LogP contribution in [0, 0.1) is 5.92 Å². The number of ketones is 1. The molecule has 2 unspecified atom stereocenters. The molecule has 1 aromatic rings. The van der Waals surface area contributed by atoms with E-state index in [-0.39, 0.29) is 11.7 Å². The van der Waals surface area contributed by atoms with E-state index in [1.807, 2.05) is 0 Å². The first-order valence-electron chi connectivity index (χ1n) is 8.07. The monoisotopic (exact) mass is 348 g/mol. The summed E-state index contributed by atoms with van der Waals surface area (Å²) in [5.41, 5.74) is 6.62. The van der Waals surface area contributed by atoms with Gasteiger partial charge >= 0.3 is 0 Å². The van der Waals surface area contributed by atoms with E-state index in [1.165, 1.54) is 27.4 Å². The second-order valence-electron chi connectivity index (χ2n) is 5.76. The molecule has 7 nitrogen and oxygen atoms in total. The molecule has 3 N–H and O–H groups in total. The lowest BCUT2D eigenvalue weighted by atomic mass is 9.91. The number of ether oxygens (including phenoxy) is 3. The number of hydrogen-bond acceptors (Lipinski definition) is 6. The Morgan fingerprint density at radius 1 is 1.20 bits per heavy atom. The van der Waals surface area contributed by atoms with Crippen molar-refractivity contribution in [1.29, 1.82) is 0 Å². The highest BCUT2D eigenvalue weighted by molar-refractivity contribution is 5.99. The SMILES string of the molecule is COc1cc(C=CC(=O)C2CCCNC(=O)C2N)cc(OC)c1OC. The molecular weight excluding hydrogens is 324 g/mol. The Bertz CT molecular complexity index is 646. The Morgan fingerprint density at radius 2 is 1.84 bits per heavy atom. The molecule has 2 rings (SSSR count). The third kappa shape index (κ3) is 4.30. The Hall–Kier alpha value is -2.54. The highest BCUT2D eigenvalue weighted by Crippen LogP contribution is 2.38. The topological polar surface area (TPSA) is 99.9 Å². The molecule has 0 saturated carbocycles. The lowest BCUT2D eigenvalue weighted by molar-refractivity contribution is -0.127. The van der Waals surface area contributed by atoms with Crippen LogP contribution in [0.2, 0.25) is 0 Å². The molecule has 25 heavy (non-hydrogen) atoms. The number of nitrogens with one attached hydrogen (secondary N) is 1. The van der Waals surface area contributed by atoms with E-state index < -0.39 is 12.0 Å². The lowest BCUT2D eigenvalue weighted by Gasteiger charge is -2.16. The normalized spacial score (nSPS) is 20.7. The molecule has 0 aliphatic carbocycles. The zero-order valence-corrected chi connectivity index (χ0v) is 14.7. The number of amides is 1. The smallest absolute Gasteiger partial charge is 0.237 e. The number of carbonyl (C=O) groups excluding carboxylic acids is 2. The van der Waals surface area contributed by atoms with Crippen molar-refractivity contribution in [3.63, 3.8) is 0 Å². The molecule has 0 bridgehead atoms. The van der Waals surface area contributed by atoms with E-state index in [1.54, 1.807) is 18.2 Å². The Morgan fingerprint density at radius 3 is 2.40 bits per heavy atom. The van der Waals surface area contributed by atoms with Gasteiger partial charge in [-0.25, -0.2) is 0 Å². The van der Waals surface area contributed by atoms with E-state index in [0.29, 0.717) is 30.2 Å². The molecule has 1 aromatic carbocycles. The quantitative estimate of drug-likeness (QED) is 0.748. The fourth-order valence-corrected chi connectivity index (χ4v) is 2.83. The van der Waals surface area contributed by atoms with Gasteiger partial charge in [-0.1, -0.05) is 6.08 Å². The molecule has 7 heteroatoms. The van der Waals surface area contributed by atoms with Crippen molar-refractivity contribution in [2.75, 3.05) is 27.9 Å². The number of rotatable bonds is 6. The fourth-order valence-electron chi connectivity index (χ4n) is 2.83. The molecule has 1 aliphatic rings. The maximum absolute atomic E-state index is 12.5. The summed E-state index contributed by atoms with van der Waals surface area (Å²) < 4.78 is 15.9. The number of allylic oxidation sites excluding steroid dienone is 1. The molecule has 0 aromatic heterocycles. The van der Waals surface area contributed by atoms with Crippen molar-refractivity contribution in [3.8, 4) is 17.2 Å². The van der Waals surface area contributed by atoms with Gasteiger partial charge in [0.15, 0.2) is 17.3 Å². The highest BCUT2D eigenvalue weighted by atomic mass is 16.5. The van der Waals surface area contributed by atoms with Crippen molar-refractivity contribution in [2.24, 2.45) is 11.7 Å². The van der Waals surface area contributed by atoms with Crippen molar-refractivity contribution < 1.29 is 23.8 Å². The van der Waals surface area contributed by atoms with Crippen molar-refractivity contribution in [2.45, 2.75) is 18.9 Å². The van der Waals surface area contributed by atoms with Crippen molar-refractivity contribution >= 4 is 17.8 Å². The minimum Gasteiger partial charge on any atom is -0.493 e. The number of carbonyl (C=O) groups is 2. The van der Waals surface area contributed by atoms with Gasteiger partial charge in [0.2, 0.25) is 11.7 Å². The van der Waals surface area contributed by atoms with Gasteiger partial charge < -0.3 is 25.3 Å². The summed E-state index contributed by atoms with van der Waals surface area (Å²) in [6, 6.07) is 2.66. The van der Waals surface area contributed by atoms with Gasteiger partial charge in [-0.15, -0.1) is 0 Å². The molecule has 136 valence electrons. The Balaban J connectivity index is 2.23. The molecule has 1 fully saturated rings. The molecule has 0 radical (unpaired) electrons. The first kappa shape index (κ1) is 18.8. The van der Waals surface area contributed by atoms with Crippen LogP contribution in [-0.4, -0.2) is 45.6 Å². The van der Waals surface area contributed by atoms with Gasteiger partial charge in [0.25, 0.3) is 0 Å². The predicted molar refractivity (Wildman–Crippen MR) is 93.8 cm³/mol. The van der Waals surface area contributed by atoms with E-state index >= 15 is 0 Å². The molecule has 1 saturated heterocycles. The Kier molecular flexibility index (Phi) is 6.41. The van der Waals surface area contributed by atoms with Gasteiger partial charge in [-0.3, -0.25) is 9.59 Å². The minimum absolute atomic E-state index is 0.168. The highest BCUT2D eigenvalue weighted by Gasteiger charge is 2.30. The zero-order chi connectivity index (χ0) is 18.4. The minimum atomic E-state index is -0.820. The van der Waals surface area contributed by atoms with Gasteiger partial charge in [0, 0.05) is 12.5 Å². The summed E-state index contributed by atoms with van der Waals surface area (Å²) in [6.07, 6.45) is 4.42. The predicted octanol–water partition coefficient (Wildman–Crippen LogP) is 1.15. The van der Waals surface area contributed by atoms with Crippen LogP contribution in [0.3, 0.4) is 0 Å². The van der Waals surface area contributed by atoms with Crippen LogP contribution < -0.4 is 25.3 Å². The van der Waals surface area contributed by atoms with Crippen LogP contribution in [0.15, 0.2) is 18.2 Å². The zero-order valence-electron chi connectivity index (χ0n) is 14.7. The maximum Gasteiger partial charge on any atom is 0.237 e. The number of methoxy groups -OCH3 is 3. The first-order chi connectivity index (χ1) is 12.0. The van der Waals surface area contributed by atoms with Gasteiger partial charge in [0.1, 0.15) is 0 Å². The first-order valence-corrected chi connectivity index (χ1v) is 8.07. The average molecular weight is 348 g/mol.